The van der Waals surface area contributed by atoms with Gasteiger partial charge in [-0.2, -0.15) is 27.1 Å². The Labute approximate surface area is 229 Å². The van der Waals surface area contributed by atoms with Crippen molar-refractivity contribution in [1.82, 2.24) is 0 Å². The molecule has 0 saturated heterocycles. The maximum absolute atomic E-state index is 11.8. The van der Waals surface area contributed by atoms with Crippen LogP contribution in [0.1, 0.15) is 5.56 Å². The van der Waals surface area contributed by atoms with Gasteiger partial charge in [-0.3, -0.25) is 9.11 Å². The largest absolute Gasteiger partial charge is 0.399 e. The van der Waals surface area contributed by atoms with Crippen LogP contribution >= 0.6 is 0 Å². The van der Waals surface area contributed by atoms with Crippen LogP contribution < -0.4 is 5.73 Å². The van der Waals surface area contributed by atoms with E-state index in [-0.39, 0.29) is 9.79 Å². The third-order valence-electron chi connectivity index (χ3n) is 6.09. The highest BCUT2D eigenvalue weighted by atomic mass is 32.2. The van der Waals surface area contributed by atoms with Gasteiger partial charge < -0.3 is 5.73 Å². The fourth-order valence-corrected chi connectivity index (χ4v) is 5.10. The molecule has 202 valence electrons. The smallest absolute Gasteiger partial charge is 0.294 e. The molecule has 0 aromatic heterocycles. The van der Waals surface area contributed by atoms with Gasteiger partial charge in [-0.1, -0.05) is 18.2 Å². The van der Waals surface area contributed by atoms with Gasteiger partial charge in [0, 0.05) is 16.5 Å². The summed E-state index contributed by atoms with van der Waals surface area (Å²) in [6.45, 7) is 1.85. The fourth-order valence-electron chi connectivity index (χ4n) is 4.07. The summed E-state index contributed by atoms with van der Waals surface area (Å²) in [5, 5.41) is 19.3. The molecule has 0 aliphatic carbocycles. The minimum Gasteiger partial charge on any atom is -0.399 e. The van der Waals surface area contributed by atoms with E-state index in [1.54, 1.807) is 48.5 Å². The van der Waals surface area contributed by atoms with Crippen molar-refractivity contribution in [3.63, 3.8) is 0 Å². The molecule has 0 amide bonds. The Morgan fingerprint density at radius 3 is 1.82 bits per heavy atom. The van der Waals surface area contributed by atoms with E-state index in [9.17, 15) is 25.9 Å². The first-order valence-electron chi connectivity index (χ1n) is 11.6. The summed E-state index contributed by atoms with van der Waals surface area (Å²) in [6.07, 6.45) is 0. The lowest BCUT2D eigenvalue weighted by molar-refractivity contribution is 0.481. The van der Waals surface area contributed by atoms with Crippen LogP contribution in [0.2, 0.25) is 0 Å². The average molecular weight is 576 g/mol. The number of nitrogens with zero attached hydrogens (tertiary/aromatic N) is 4. The number of fused-ring (bicyclic) bond motifs is 2. The molecule has 11 nitrogen and oxygen atoms in total. The summed E-state index contributed by atoms with van der Waals surface area (Å²) in [4.78, 5) is -0.542. The van der Waals surface area contributed by atoms with E-state index in [1.807, 2.05) is 6.92 Å². The van der Waals surface area contributed by atoms with Crippen LogP contribution in [0, 0.1) is 6.92 Å². The van der Waals surface area contributed by atoms with E-state index in [1.165, 1.54) is 36.4 Å². The molecule has 40 heavy (non-hydrogen) atoms. The minimum atomic E-state index is -4.49. The van der Waals surface area contributed by atoms with Crippen molar-refractivity contribution in [2.24, 2.45) is 20.5 Å². The van der Waals surface area contributed by atoms with Crippen LogP contribution in [0.5, 0.6) is 0 Å². The van der Waals surface area contributed by atoms with Gasteiger partial charge in [-0.05, 0) is 90.0 Å². The molecule has 0 bridgehead atoms. The van der Waals surface area contributed by atoms with E-state index >= 15 is 0 Å². The van der Waals surface area contributed by atoms with Crippen molar-refractivity contribution in [3.05, 3.63) is 90.5 Å². The molecule has 0 atom stereocenters. The predicted octanol–water partition coefficient (Wildman–Crippen LogP) is 7.21. The number of benzene rings is 5. The zero-order chi connectivity index (χ0) is 28.7. The predicted molar refractivity (Wildman–Crippen MR) is 151 cm³/mol. The molecule has 0 saturated carbocycles. The summed E-state index contributed by atoms with van der Waals surface area (Å²) < 4.78 is 65.4. The summed E-state index contributed by atoms with van der Waals surface area (Å²) >= 11 is 0. The summed E-state index contributed by atoms with van der Waals surface area (Å²) in [5.74, 6) is 0. The quantitative estimate of drug-likeness (QED) is 0.108. The van der Waals surface area contributed by atoms with Gasteiger partial charge in [0.15, 0.2) is 0 Å². The first-order chi connectivity index (χ1) is 18.9. The highest BCUT2D eigenvalue weighted by molar-refractivity contribution is 7.86. The van der Waals surface area contributed by atoms with Gasteiger partial charge in [0.25, 0.3) is 20.2 Å². The van der Waals surface area contributed by atoms with Crippen molar-refractivity contribution < 1.29 is 25.9 Å². The van der Waals surface area contributed by atoms with Crippen LogP contribution in [-0.2, 0) is 20.2 Å². The van der Waals surface area contributed by atoms with Crippen molar-refractivity contribution >= 4 is 70.2 Å². The van der Waals surface area contributed by atoms with Gasteiger partial charge in [-0.15, -0.1) is 10.2 Å². The van der Waals surface area contributed by atoms with Crippen molar-refractivity contribution in [3.8, 4) is 0 Å². The second-order valence-corrected chi connectivity index (χ2v) is 11.7. The topological polar surface area (TPSA) is 184 Å². The molecule has 0 aliphatic heterocycles. The van der Waals surface area contributed by atoms with Gasteiger partial charge in [-0.25, -0.2) is 0 Å². The molecule has 0 heterocycles. The third-order valence-corrected chi connectivity index (χ3v) is 7.79. The molecule has 0 aliphatic rings. The van der Waals surface area contributed by atoms with Gasteiger partial charge in [0.2, 0.25) is 0 Å². The fraction of sp³-hybridized carbons (Fsp3) is 0.0370. The molecule has 5 aromatic rings. The Bertz CT molecular complexity index is 2090. The Hall–Kier alpha value is -4.56. The lowest BCUT2D eigenvalue weighted by Gasteiger charge is -2.07. The maximum Gasteiger partial charge on any atom is 0.294 e. The highest BCUT2D eigenvalue weighted by Crippen LogP contribution is 2.37. The zero-order valence-electron chi connectivity index (χ0n) is 20.8. The number of nitrogens with two attached hydrogens (primary N) is 1. The van der Waals surface area contributed by atoms with Crippen LogP contribution in [0.25, 0.3) is 21.5 Å². The monoisotopic (exact) mass is 575 g/mol. The second-order valence-electron chi connectivity index (χ2n) is 8.90. The molecule has 4 N–H and O–H groups in total. The summed E-state index contributed by atoms with van der Waals surface area (Å²) in [7, 11) is -8.83. The van der Waals surface area contributed by atoms with E-state index in [0.29, 0.717) is 50.0 Å². The van der Waals surface area contributed by atoms with Crippen molar-refractivity contribution in [2.45, 2.75) is 16.7 Å². The van der Waals surface area contributed by atoms with Crippen LogP contribution in [-0.4, -0.2) is 25.9 Å². The number of azo groups is 2. The molecule has 0 spiro atoms. The number of anilines is 1. The highest BCUT2D eigenvalue weighted by Gasteiger charge is 2.14. The molecular weight excluding hydrogens is 554 g/mol. The number of rotatable bonds is 6. The lowest BCUT2D eigenvalue weighted by Crippen LogP contribution is -1.97. The first-order valence-corrected chi connectivity index (χ1v) is 14.5. The second kappa shape index (κ2) is 10.2. The van der Waals surface area contributed by atoms with E-state index < -0.39 is 20.2 Å². The Balaban J connectivity index is 1.56. The normalized spacial score (nSPS) is 12.7. The van der Waals surface area contributed by atoms with E-state index in [4.69, 9.17) is 5.73 Å². The van der Waals surface area contributed by atoms with Gasteiger partial charge in [0.1, 0.15) is 0 Å². The molecule has 0 radical (unpaired) electrons. The average Bonchev–Trinajstić information content (AvgIpc) is 2.90. The molecule has 0 unspecified atom stereocenters. The summed E-state index contributed by atoms with van der Waals surface area (Å²) in [6, 6.07) is 21.6. The molecular formula is C27H21N5O6S2. The number of hydrogen-bond acceptors (Lipinski definition) is 9. The molecule has 5 aromatic carbocycles. The third kappa shape index (κ3) is 5.72. The summed E-state index contributed by atoms with van der Waals surface area (Å²) in [5.41, 5.74) is 9.03. The SMILES string of the molecule is Cc1cc(N)ccc1/N=N/c1ccc(/N=N/c2ccc3cc(S(=O)(=O)O)ccc3c2)c2cc(S(=O)(=O)O)ccc12. The maximum atomic E-state index is 11.8. The van der Waals surface area contributed by atoms with Gasteiger partial charge >= 0.3 is 0 Å². The molecule has 0 fully saturated rings. The Morgan fingerprint density at radius 2 is 1.12 bits per heavy atom. The lowest BCUT2D eigenvalue weighted by atomic mass is 10.1. The van der Waals surface area contributed by atoms with Gasteiger partial charge in [0.05, 0.1) is 32.5 Å². The number of hydrogen-bond donors (Lipinski definition) is 3. The molecule has 5 rings (SSSR count). The Kier molecular flexibility index (Phi) is 6.89. The standard InChI is InChI=1S/C27H21N5O6S2/c1-16-12-19(28)4-9-25(16)30-32-26-10-11-27(24-15-22(40(36,37)38)7-8-23(24)26)31-29-20-5-2-18-14-21(39(33,34)35)6-3-17(18)13-20/h2-15H,28H2,1H3,(H,33,34,35)(H,36,37,38)/b31-29+,32-30+. The minimum absolute atomic E-state index is 0.223. The number of nitrogen functional groups attached to an aromatic ring is 1. The van der Waals surface area contributed by atoms with Crippen molar-refractivity contribution in [1.29, 1.82) is 0 Å². The van der Waals surface area contributed by atoms with Crippen LogP contribution in [0.3, 0.4) is 0 Å². The van der Waals surface area contributed by atoms with Crippen LogP contribution in [0.4, 0.5) is 28.4 Å². The van der Waals surface area contributed by atoms with E-state index in [0.717, 1.165) is 5.56 Å². The Morgan fingerprint density at radius 1 is 0.575 bits per heavy atom. The number of aryl methyl sites for hydroxylation is 1. The zero-order valence-corrected chi connectivity index (χ0v) is 22.4. The van der Waals surface area contributed by atoms with Crippen molar-refractivity contribution in [2.75, 3.05) is 5.73 Å². The van der Waals surface area contributed by atoms with Crippen LogP contribution in [0.15, 0.2) is 115 Å². The first kappa shape index (κ1) is 27.0. The molecule has 13 heteroatoms. The van der Waals surface area contributed by atoms with E-state index in [2.05, 4.69) is 20.5 Å².